The van der Waals surface area contributed by atoms with Gasteiger partial charge < -0.3 is 4.90 Å². The minimum atomic E-state index is -4.35. The van der Waals surface area contributed by atoms with E-state index in [0.717, 1.165) is 9.47 Å². The number of nitrogens with zero attached hydrogens (tertiary/aromatic N) is 3. The summed E-state index contributed by atoms with van der Waals surface area (Å²) in [7, 11) is 0. The summed E-state index contributed by atoms with van der Waals surface area (Å²) in [6.45, 7) is 1.21. The van der Waals surface area contributed by atoms with Gasteiger partial charge in [0.15, 0.2) is 0 Å². The Labute approximate surface area is 152 Å². The molecule has 1 fully saturated rings. The first-order valence-electron chi connectivity index (χ1n) is 8.81. The summed E-state index contributed by atoms with van der Waals surface area (Å²) in [6, 6.07) is 6.41. The number of likely N-dealkylation sites (tertiary alicyclic amines) is 1. The molecule has 27 heavy (non-hydrogen) atoms. The van der Waals surface area contributed by atoms with Crippen molar-refractivity contribution in [2.75, 3.05) is 13.1 Å². The highest BCUT2D eigenvalue weighted by atomic mass is 19.4. The molecular weight excluding hydrogens is 363 g/mol. The minimum absolute atomic E-state index is 0.00310. The molecule has 146 valence electrons. The van der Waals surface area contributed by atoms with Crippen LogP contribution in [0.3, 0.4) is 0 Å². The van der Waals surface area contributed by atoms with E-state index in [1.165, 1.54) is 4.57 Å². The third-order valence-electron chi connectivity index (χ3n) is 4.98. The second-order valence-corrected chi connectivity index (χ2v) is 6.66. The zero-order valence-corrected chi connectivity index (χ0v) is 14.8. The molecule has 1 aromatic carbocycles. The number of carbonyl (C=O) groups is 1. The molecule has 0 N–H and O–H groups in total. The van der Waals surface area contributed by atoms with E-state index in [1.807, 2.05) is 0 Å². The first-order chi connectivity index (χ1) is 12.7. The topological polar surface area (TPSA) is 64.3 Å². The van der Waals surface area contributed by atoms with Crippen LogP contribution in [0.15, 0.2) is 33.9 Å². The lowest BCUT2D eigenvalue weighted by molar-refractivity contribution is -0.188. The van der Waals surface area contributed by atoms with Crippen LogP contribution in [0.5, 0.6) is 0 Å². The van der Waals surface area contributed by atoms with Gasteiger partial charge in [-0.25, -0.2) is 4.79 Å². The van der Waals surface area contributed by atoms with Gasteiger partial charge in [0.2, 0.25) is 5.91 Å². The maximum absolute atomic E-state index is 13.0. The Morgan fingerprint density at radius 1 is 1.19 bits per heavy atom. The zero-order chi connectivity index (χ0) is 19.8. The molecule has 2 heterocycles. The molecule has 0 spiro atoms. The van der Waals surface area contributed by atoms with Gasteiger partial charge >= 0.3 is 11.9 Å². The molecule has 1 atom stereocenters. The number of fused-ring (bicyclic) bond motifs is 1. The number of para-hydroxylation sites is 1. The number of aromatic nitrogens is 2. The Morgan fingerprint density at radius 3 is 2.56 bits per heavy atom. The van der Waals surface area contributed by atoms with Gasteiger partial charge in [0.05, 0.1) is 16.8 Å². The average Bonchev–Trinajstić information content (AvgIpc) is 2.65. The van der Waals surface area contributed by atoms with Gasteiger partial charge in [-0.3, -0.25) is 18.7 Å². The largest absolute Gasteiger partial charge is 0.393 e. The van der Waals surface area contributed by atoms with Crippen molar-refractivity contribution in [2.45, 2.75) is 39.0 Å². The summed E-state index contributed by atoms with van der Waals surface area (Å²) in [5, 5.41) is 0.290. The molecule has 1 unspecified atom stereocenters. The van der Waals surface area contributed by atoms with Crippen LogP contribution in [0.2, 0.25) is 0 Å². The van der Waals surface area contributed by atoms with Crippen molar-refractivity contribution in [3.8, 4) is 0 Å². The number of halogens is 3. The lowest BCUT2D eigenvalue weighted by atomic mass is 9.97. The Balaban J connectivity index is 1.96. The zero-order valence-electron chi connectivity index (χ0n) is 14.8. The second kappa shape index (κ2) is 7.21. The van der Waals surface area contributed by atoms with Crippen LogP contribution < -0.4 is 11.2 Å². The molecule has 0 radical (unpaired) electrons. The fraction of sp³-hybridized carbons (Fsp3) is 0.500. The quantitative estimate of drug-likeness (QED) is 0.814. The molecule has 1 amide bonds. The molecule has 0 saturated carbocycles. The monoisotopic (exact) mass is 383 g/mol. The molecule has 1 aromatic heterocycles. The molecule has 2 aromatic rings. The molecule has 9 heteroatoms. The summed E-state index contributed by atoms with van der Waals surface area (Å²) in [6.07, 6.45) is -4.09. The lowest BCUT2D eigenvalue weighted by Crippen LogP contribution is -2.47. The van der Waals surface area contributed by atoms with E-state index in [4.69, 9.17) is 0 Å². The Morgan fingerprint density at radius 2 is 1.89 bits per heavy atom. The van der Waals surface area contributed by atoms with Gasteiger partial charge in [-0.1, -0.05) is 12.1 Å². The van der Waals surface area contributed by atoms with Crippen LogP contribution in [0, 0.1) is 5.92 Å². The summed E-state index contributed by atoms with van der Waals surface area (Å²) < 4.78 is 41.2. The maximum Gasteiger partial charge on any atom is 0.393 e. The number of carbonyl (C=O) groups excluding carboxylic acids is 1. The second-order valence-electron chi connectivity index (χ2n) is 6.66. The molecule has 1 aliphatic rings. The van der Waals surface area contributed by atoms with Crippen LogP contribution in [0.4, 0.5) is 13.2 Å². The molecule has 1 aliphatic heterocycles. The third kappa shape index (κ3) is 3.63. The third-order valence-corrected chi connectivity index (χ3v) is 4.98. The van der Waals surface area contributed by atoms with E-state index < -0.39 is 42.3 Å². The van der Waals surface area contributed by atoms with E-state index in [0.29, 0.717) is 10.9 Å². The van der Waals surface area contributed by atoms with Crippen LogP contribution >= 0.6 is 0 Å². The number of rotatable bonds is 3. The van der Waals surface area contributed by atoms with E-state index >= 15 is 0 Å². The smallest absolute Gasteiger partial charge is 0.341 e. The summed E-state index contributed by atoms with van der Waals surface area (Å²) in [5.74, 6) is -2.11. The van der Waals surface area contributed by atoms with Crippen molar-refractivity contribution < 1.29 is 18.0 Å². The minimum Gasteiger partial charge on any atom is -0.341 e. The molecule has 0 bridgehead atoms. The van der Waals surface area contributed by atoms with Crippen LogP contribution in [0.25, 0.3) is 10.9 Å². The molecule has 0 aliphatic carbocycles. The Kier molecular flexibility index (Phi) is 5.12. The Hall–Kier alpha value is -2.58. The fourth-order valence-corrected chi connectivity index (χ4v) is 3.51. The summed E-state index contributed by atoms with van der Waals surface area (Å²) in [4.78, 5) is 38.8. The summed E-state index contributed by atoms with van der Waals surface area (Å²) in [5.41, 5.74) is -0.786. The van der Waals surface area contributed by atoms with Gasteiger partial charge in [-0.15, -0.1) is 0 Å². The van der Waals surface area contributed by atoms with Gasteiger partial charge in [0.1, 0.15) is 6.54 Å². The highest BCUT2D eigenvalue weighted by Gasteiger charge is 2.42. The highest BCUT2D eigenvalue weighted by Crippen LogP contribution is 2.33. The highest BCUT2D eigenvalue weighted by molar-refractivity contribution is 5.81. The SMILES string of the molecule is CCn1c(=O)c2ccccc2n(CC(=O)N2CCCC(C(F)(F)F)C2)c1=O. The predicted octanol–water partition coefficient (Wildman–Crippen LogP) is 1.98. The predicted molar refractivity (Wildman–Crippen MR) is 93.5 cm³/mol. The van der Waals surface area contributed by atoms with Crippen molar-refractivity contribution in [1.29, 1.82) is 0 Å². The average molecular weight is 383 g/mol. The van der Waals surface area contributed by atoms with Crippen molar-refractivity contribution in [1.82, 2.24) is 14.0 Å². The van der Waals surface area contributed by atoms with Gasteiger partial charge in [0, 0.05) is 19.6 Å². The molecule has 1 saturated heterocycles. The normalized spacial score (nSPS) is 18.1. The standard InChI is InChI=1S/C18H20F3N3O3/c1-2-23-16(26)13-7-3-4-8-14(13)24(17(23)27)11-15(25)22-9-5-6-12(10-22)18(19,20)21/h3-4,7-8,12H,2,5-6,9-11H2,1H3. The van der Waals surface area contributed by atoms with Gasteiger partial charge in [-0.05, 0) is 31.9 Å². The van der Waals surface area contributed by atoms with Crippen molar-refractivity contribution >= 4 is 16.8 Å². The first kappa shape index (κ1) is 19.2. The number of piperidine rings is 1. The maximum atomic E-state index is 13.0. The number of amides is 1. The van der Waals surface area contributed by atoms with Crippen molar-refractivity contribution in [3.05, 3.63) is 45.1 Å². The summed E-state index contributed by atoms with van der Waals surface area (Å²) >= 11 is 0. The van der Waals surface area contributed by atoms with Gasteiger partial charge in [0.25, 0.3) is 5.56 Å². The van der Waals surface area contributed by atoms with Crippen molar-refractivity contribution in [3.63, 3.8) is 0 Å². The number of hydrogen-bond donors (Lipinski definition) is 0. The fourth-order valence-electron chi connectivity index (χ4n) is 3.51. The molecular formula is C18H20F3N3O3. The van der Waals surface area contributed by atoms with E-state index in [1.54, 1.807) is 31.2 Å². The van der Waals surface area contributed by atoms with E-state index in [9.17, 15) is 27.6 Å². The lowest BCUT2D eigenvalue weighted by Gasteiger charge is -2.34. The number of alkyl halides is 3. The van der Waals surface area contributed by atoms with Crippen LogP contribution in [0.1, 0.15) is 19.8 Å². The van der Waals surface area contributed by atoms with Gasteiger partial charge in [-0.2, -0.15) is 13.2 Å². The van der Waals surface area contributed by atoms with E-state index in [2.05, 4.69) is 0 Å². The van der Waals surface area contributed by atoms with Crippen molar-refractivity contribution in [2.24, 2.45) is 5.92 Å². The number of benzene rings is 1. The van der Waals surface area contributed by atoms with E-state index in [-0.39, 0.29) is 25.9 Å². The Bertz CT molecular complexity index is 978. The first-order valence-corrected chi connectivity index (χ1v) is 8.81. The van der Waals surface area contributed by atoms with Crippen LogP contribution in [-0.4, -0.2) is 39.2 Å². The van der Waals surface area contributed by atoms with Crippen LogP contribution in [-0.2, 0) is 17.9 Å². The number of hydrogen-bond acceptors (Lipinski definition) is 3. The molecule has 6 nitrogen and oxygen atoms in total. The molecule has 3 rings (SSSR count).